The van der Waals surface area contributed by atoms with Crippen molar-refractivity contribution >= 4 is 22.7 Å². The van der Waals surface area contributed by atoms with Crippen LogP contribution in [-0.2, 0) is 0 Å². The number of aryl methyl sites for hydroxylation is 1. The van der Waals surface area contributed by atoms with Gasteiger partial charge < -0.3 is 19.4 Å². The maximum Gasteiger partial charge on any atom is 0.262 e. The van der Waals surface area contributed by atoms with E-state index in [1.54, 1.807) is 11.8 Å². The van der Waals surface area contributed by atoms with E-state index in [0.717, 1.165) is 33.1 Å². The number of nitrogens with zero attached hydrogens (tertiary/aromatic N) is 1. The average Bonchev–Trinajstić information content (AvgIpc) is 3.13. The van der Waals surface area contributed by atoms with Crippen molar-refractivity contribution in [3.05, 3.63) is 40.6 Å². The number of piperidine rings is 1. The first-order chi connectivity index (χ1) is 12.4. The van der Waals surface area contributed by atoms with E-state index in [0.29, 0.717) is 19.0 Å². The molecule has 2 aromatic rings. The molecule has 26 heavy (non-hydrogen) atoms. The number of allylic oxidation sites excluding steroid dienone is 1. The van der Waals surface area contributed by atoms with Crippen LogP contribution in [0.5, 0.6) is 5.75 Å². The van der Waals surface area contributed by atoms with Crippen molar-refractivity contribution in [3.8, 4) is 5.75 Å². The molecular weight excluding hydrogens is 358 g/mol. The topological polar surface area (TPSA) is 37.6 Å². The van der Waals surface area contributed by atoms with Gasteiger partial charge >= 0.3 is 0 Å². The smallest absolute Gasteiger partial charge is 0.262 e. The van der Waals surface area contributed by atoms with E-state index >= 15 is 0 Å². The van der Waals surface area contributed by atoms with E-state index in [1.807, 2.05) is 38.1 Å². The van der Waals surface area contributed by atoms with Crippen molar-refractivity contribution in [1.82, 2.24) is 10.2 Å². The van der Waals surface area contributed by atoms with Crippen molar-refractivity contribution < 1.29 is 17.9 Å². The first kappa shape index (κ1) is 17.7. The summed E-state index contributed by atoms with van der Waals surface area (Å²) in [5.74, 6) is -0.280. The van der Waals surface area contributed by atoms with Crippen molar-refractivity contribution in [2.24, 2.45) is 0 Å². The number of nitrogens with one attached hydrogen (secondary N) is 1. The Labute approximate surface area is 155 Å². The maximum absolute atomic E-state index is 13.7. The average molecular weight is 380 g/mol. The summed E-state index contributed by atoms with van der Waals surface area (Å²) in [6, 6.07) is 7.57. The number of halogens is 2. The third kappa shape index (κ3) is 3.55. The molecule has 0 saturated carbocycles. The van der Waals surface area contributed by atoms with Gasteiger partial charge in [0.1, 0.15) is 23.7 Å². The van der Waals surface area contributed by atoms with Gasteiger partial charge in [-0.1, -0.05) is 0 Å². The highest BCUT2D eigenvalue weighted by atomic mass is 32.2. The molecule has 3 heterocycles. The molecule has 0 bridgehead atoms. The Bertz CT molecular complexity index is 849. The zero-order chi connectivity index (χ0) is 18.3. The van der Waals surface area contributed by atoms with Gasteiger partial charge in [-0.3, -0.25) is 0 Å². The summed E-state index contributed by atoms with van der Waals surface area (Å²) >= 11 is 1.67. The van der Waals surface area contributed by atoms with Gasteiger partial charge in [0.05, 0.1) is 12.4 Å². The van der Waals surface area contributed by atoms with Crippen LogP contribution < -0.4 is 10.1 Å². The molecule has 1 fully saturated rings. The molecule has 4 nitrogen and oxygen atoms in total. The van der Waals surface area contributed by atoms with Gasteiger partial charge in [-0.25, -0.2) is 8.78 Å². The molecule has 0 spiro atoms. The van der Waals surface area contributed by atoms with Gasteiger partial charge in [-0.05, 0) is 38.1 Å². The van der Waals surface area contributed by atoms with Crippen molar-refractivity contribution in [2.45, 2.75) is 32.2 Å². The van der Waals surface area contributed by atoms with Crippen LogP contribution in [0.4, 0.5) is 8.78 Å². The van der Waals surface area contributed by atoms with Gasteiger partial charge in [-0.15, -0.1) is 11.8 Å². The van der Waals surface area contributed by atoms with Crippen molar-refractivity contribution in [1.29, 1.82) is 0 Å². The zero-order valence-corrected chi connectivity index (χ0v) is 15.7. The number of benzene rings is 1. The molecule has 7 heteroatoms. The van der Waals surface area contributed by atoms with Gasteiger partial charge in [0.2, 0.25) is 0 Å². The minimum Gasteiger partial charge on any atom is -0.488 e. The Kier molecular flexibility index (Phi) is 4.61. The van der Waals surface area contributed by atoms with Gasteiger partial charge in [-0.2, -0.15) is 0 Å². The highest BCUT2D eigenvalue weighted by molar-refractivity contribution is 8.03. The zero-order valence-electron chi connectivity index (χ0n) is 14.9. The van der Waals surface area contributed by atoms with Crippen molar-refractivity contribution in [2.75, 3.05) is 25.6 Å². The number of thioether (sulfide) groups is 1. The Morgan fingerprint density at radius 3 is 3.00 bits per heavy atom. The highest BCUT2D eigenvalue weighted by Crippen LogP contribution is 2.37. The Balaban J connectivity index is 1.43. The number of rotatable bonds is 4. The molecule has 1 saturated heterocycles. The number of hydrogen-bond acceptors (Lipinski definition) is 5. The molecule has 2 aliphatic heterocycles. The largest absolute Gasteiger partial charge is 0.488 e. The third-order valence-electron chi connectivity index (χ3n) is 4.93. The lowest BCUT2D eigenvalue weighted by Gasteiger charge is -2.37. The molecule has 1 aromatic carbocycles. The van der Waals surface area contributed by atoms with Crippen LogP contribution in [0.2, 0.25) is 0 Å². The molecular formula is C19H22F2N2O2S. The summed E-state index contributed by atoms with van der Waals surface area (Å²) in [7, 11) is 0. The molecule has 4 rings (SSSR count). The van der Waals surface area contributed by atoms with E-state index in [4.69, 9.17) is 9.15 Å². The summed E-state index contributed by atoms with van der Waals surface area (Å²) in [4.78, 5) is 3.17. The SMILES string of the molecule is CC1=C(COc2ccc3oc(C)cc3c2)SCN1C1CNCC(F)(F)C1. The predicted molar refractivity (Wildman–Crippen MR) is 99.7 cm³/mol. The fourth-order valence-electron chi connectivity index (χ4n) is 3.56. The second-order valence-corrected chi connectivity index (χ2v) is 7.98. The highest BCUT2D eigenvalue weighted by Gasteiger charge is 2.40. The van der Waals surface area contributed by atoms with Crippen LogP contribution in [0.3, 0.4) is 0 Å². The summed E-state index contributed by atoms with van der Waals surface area (Å²) in [6.45, 7) is 4.74. The number of ether oxygens (including phenoxy) is 1. The lowest BCUT2D eigenvalue weighted by atomic mass is 10.0. The third-order valence-corrected chi connectivity index (χ3v) is 6.10. The van der Waals surface area contributed by atoms with Crippen LogP contribution in [0, 0.1) is 6.92 Å². The molecule has 1 N–H and O–H groups in total. The van der Waals surface area contributed by atoms with Gasteiger partial charge in [0.15, 0.2) is 0 Å². The predicted octanol–water partition coefficient (Wildman–Crippen LogP) is 4.36. The fraction of sp³-hybridized carbons (Fsp3) is 0.474. The Hall–Kier alpha value is -1.73. The Morgan fingerprint density at radius 1 is 1.35 bits per heavy atom. The first-order valence-corrected chi connectivity index (χ1v) is 9.71. The molecule has 0 aliphatic carbocycles. The number of hydrogen-bond donors (Lipinski definition) is 1. The van der Waals surface area contributed by atoms with E-state index in [-0.39, 0.29) is 19.0 Å². The fourth-order valence-corrected chi connectivity index (χ4v) is 4.73. The minimum absolute atomic E-state index is 0.0947. The normalized spacial score (nSPS) is 23.1. The maximum atomic E-state index is 13.7. The van der Waals surface area contributed by atoms with E-state index in [9.17, 15) is 8.78 Å². The van der Waals surface area contributed by atoms with Crippen LogP contribution in [0.25, 0.3) is 11.0 Å². The lowest BCUT2D eigenvalue weighted by molar-refractivity contribution is -0.0438. The minimum atomic E-state index is -2.63. The molecule has 0 amide bonds. The monoisotopic (exact) mass is 380 g/mol. The van der Waals surface area contributed by atoms with E-state index < -0.39 is 5.92 Å². The van der Waals surface area contributed by atoms with Crippen LogP contribution in [0.1, 0.15) is 19.1 Å². The standard InChI is InChI=1S/C19H22F2N2O2S/c1-12-5-14-6-16(3-4-17(14)25-12)24-9-18-13(2)23(11-26-18)15-7-19(20,21)10-22-8-15/h3-6,15,22H,7-11H2,1-2H3. The second-order valence-electron chi connectivity index (χ2n) is 6.94. The van der Waals surface area contributed by atoms with Gasteiger partial charge in [0.25, 0.3) is 5.92 Å². The van der Waals surface area contributed by atoms with Gasteiger partial charge in [0, 0.05) is 35.0 Å². The molecule has 140 valence electrons. The van der Waals surface area contributed by atoms with Crippen LogP contribution in [-0.4, -0.2) is 42.4 Å². The summed E-state index contributed by atoms with van der Waals surface area (Å²) in [6.07, 6.45) is -0.0947. The lowest BCUT2D eigenvalue weighted by Crippen LogP contribution is -2.52. The van der Waals surface area contributed by atoms with Crippen LogP contribution >= 0.6 is 11.8 Å². The molecule has 1 aromatic heterocycles. The molecule has 1 atom stereocenters. The number of fused-ring (bicyclic) bond motifs is 1. The summed E-state index contributed by atoms with van der Waals surface area (Å²) in [5.41, 5.74) is 1.89. The molecule has 0 radical (unpaired) electrons. The van der Waals surface area contributed by atoms with Crippen molar-refractivity contribution in [3.63, 3.8) is 0 Å². The summed E-state index contributed by atoms with van der Waals surface area (Å²) < 4.78 is 38.9. The van der Waals surface area contributed by atoms with Crippen LogP contribution in [0.15, 0.2) is 39.3 Å². The summed E-state index contributed by atoms with van der Waals surface area (Å²) in [5, 5.41) is 3.87. The molecule has 2 aliphatic rings. The number of furan rings is 1. The first-order valence-electron chi connectivity index (χ1n) is 8.72. The van der Waals surface area contributed by atoms with E-state index in [1.165, 1.54) is 0 Å². The Morgan fingerprint density at radius 2 is 2.19 bits per heavy atom. The second kappa shape index (κ2) is 6.78. The number of alkyl halides is 2. The van der Waals surface area contributed by atoms with E-state index in [2.05, 4.69) is 10.2 Å². The quantitative estimate of drug-likeness (QED) is 0.853. The molecule has 1 unspecified atom stereocenters.